The molecule has 0 saturated carbocycles. The van der Waals surface area contributed by atoms with Gasteiger partial charge in [0.05, 0.1) is 40.2 Å². The number of hydrogen-bond acceptors (Lipinski definition) is 6. The zero-order chi connectivity index (χ0) is 15.7. The van der Waals surface area contributed by atoms with E-state index in [9.17, 15) is 4.79 Å². The Hall–Kier alpha value is -1.70. The molecule has 1 aromatic rings. The van der Waals surface area contributed by atoms with Crippen molar-refractivity contribution in [2.45, 2.75) is 0 Å². The maximum Gasteiger partial charge on any atom is 0.238 e. The Kier molecular flexibility index (Phi) is 10.1. The lowest BCUT2D eigenvalue weighted by Crippen LogP contribution is -2.30. The number of nitrogens with one attached hydrogen (secondary N) is 2. The van der Waals surface area contributed by atoms with Crippen molar-refractivity contribution < 1.29 is 23.7 Å². The number of methoxy groups -OCH3 is 4. The van der Waals surface area contributed by atoms with Crippen molar-refractivity contribution in [3.05, 3.63) is 12.1 Å². The summed E-state index contributed by atoms with van der Waals surface area (Å²) < 4.78 is 20.6. The van der Waals surface area contributed by atoms with Gasteiger partial charge in [0.2, 0.25) is 11.7 Å². The van der Waals surface area contributed by atoms with Crippen molar-refractivity contribution in [1.29, 1.82) is 0 Å². The largest absolute Gasteiger partial charge is 0.493 e. The molecule has 7 nitrogen and oxygen atoms in total. The first-order valence-electron chi connectivity index (χ1n) is 6.46. The Morgan fingerprint density at radius 1 is 1.05 bits per heavy atom. The van der Waals surface area contributed by atoms with Gasteiger partial charge in [-0.25, -0.2) is 0 Å². The van der Waals surface area contributed by atoms with Crippen LogP contribution in [0.15, 0.2) is 12.1 Å². The summed E-state index contributed by atoms with van der Waals surface area (Å²) in [7, 11) is 6.16. The number of amides is 1. The highest BCUT2D eigenvalue weighted by atomic mass is 35.5. The molecule has 0 unspecified atom stereocenters. The fourth-order valence-corrected chi connectivity index (χ4v) is 1.77. The molecular weight excluding hydrogens is 312 g/mol. The summed E-state index contributed by atoms with van der Waals surface area (Å²) in [5.74, 6) is 1.20. The molecule has 0 spiro atoms. The molecule has 8 heteroatoms. The third kappa shape index (κ3) is 5.59. The summed E-state index contributed by atoms with van der Waals surface area (Å²) in [4.78, 5) is 11.9. The van der Waals surface area contributed by atoms with Gasteiger partial charge in [0.25, 0.3) is 0 Å². The predicted molar refractivity (Wildman–Crippen MR) is 86.7 cm³/mol. The normalized spacial score (nSPS) is 9.64. The van der Waals surface area contributed by atoms with Crippen LogP contribution in [0.4, 0.5) is 5.69 Å². The maximum atomic E-state index is 11.9. The molecule has 22 heavy (non-hydrogen) atoms. The van der Waals surface area contributed by atoms with Gasteiger partial charge >= 0.3 is 0 Å². The van der Waals surface area contributed by atoms with Crippen molar-refractivity contribution in [2.75, 3.05) is 53.5 Å². The number of ether oxygens (including phenoxy) is 4. The van der Waals surface area contributed by atoms with Crippen molar-refractivity contribution in [3.63, 3.8) is 0 Å². The molecule has 0 aliphatic rings. The Labute approximate surface area is 136 Å². The van der Waals surface area contributed by atoms with Crippen LogP contribution in [-0.2, 0) is 9.53 Å². The second kappa shape index (κ2) is 10.9. The van der Waals surface area contributed by atoms with Crippen LogP contribution in [-0.4, -0.2) is 54.0 Å². The topological polar surface area (TPSA) is 78.1 Å². The molecule has 0 fully saturated rings. The van der Waals surface area contributed by atoms with E-state index in [1.807, 2.05) is 0 Å². The number of carbonyl (C=O) groups is 1. The smallest absolute Gasteiger partial charge is 0.238 e. The molecule has 0 atom stereocenters. The van der Waals surface area contributed by atoms with E-state index in [1.165, 1.54) is 21.3 Å². The van der Waals surface area contributed by atoms with Gasteiger partial charge in [-0.2, -0.15) is 0 Å². The monoisotopic (exact) mass is 334 g/mol. The van der Waals surface area contributed by atoms with Crippen molar-refractivity contribution in [1.82, 2.24) is 5.32 Å². The summed E-state index contributed by atoms with van der Waals surface area (Å²) in [6.45, 7) is 1.33. The van der Waals surface area contributed by atoms with Crippen LogP contribution in [0.2, 0.25) is 0 Å². The zero-order valence-corrected chi connectivity index (χ0v) is 14.0. The van der Waals surface area contributed by atoms with E-state index < -0.39 is 0 Å². The first kappa shape index (κ1) is 20.3. The quantitative estimate of drug-likeness (QED) is 0.663. The summed E-state index contributed by atoms with van der Waals surface area (Å²) in [5.41, 5.74) is 0.522. The minimum atomic E-state index is -0.184. The van der Waals surface area contributed by atoms with E-state index in [0.717, 1.165) is 0 Å². The molecule has 0 aliphatic carbocycles. The summed E-state index contributed by atoms with van der Waals surface area (Å²) in [5, 5.41) is 5.72. The lowest BCUT2D eigenvalue weighted by atomic mass is 10.2. The standard InChI is InChI=1S/C14H22N2O5.ClH/c1-18-8-7-15-9-12(17)16-10-5-6-11(19-2)14(21-4)13(10)20-3;/h5-6,15H,7-9H2,1-4H3,(H,16,17);1H. The van der Waals surface area contributed by atoms with E-state index in [-0.39, 0.29) is 24.9 Å². The van der Waals surface area contributed by atoms with Crippen LogP contribution in [0.3, 0.4) is 0 Å². The van der Waals surface area contributed by atoms with E-state index >= 15 is 0 Å². The van der Waals surface area contributed by atoms with Gasteiger partial charge in [-0.1, -0.05) is 0 Å². The maximum absolute atomic E-state index is 11.9. The first-order valence-corrected chi connectivity index (χ1v) is 6.46. The summed E-state index contributed by atoms with van der Waals surface area (Å²) >= 11 is 0. The number of halogens is 1. The second-order valence-corrected chi connectivity index (χ2v) is 4.10. The first-order chi connectivity index (χ1) is 10.2. The van der Waals surface area contributed by atoms with Gasteiger partial charge in [0, 0.05) is 13.7 Å². The molecule has 0 bridgehead atoms. The van der Waals surface area contributed by atoms with Crippen LogP contribution >= 0.6 is 12.4 Å². The lowest BCUT2D eigenvalue weighted by molar-refractivity contribution is -0.115. The molecule has 0 heterocycles. The number of hydrogen-bond donors (Lipinski definition) is 2. The molecule has 1 rings (SSSR count). The zero-order valence-electron chi connectivity index (χ0n) is 13.2. The van der Waals surface area contributed by atoms with Crippen LogP contribution < -0.4 is 24.8 Å². The van der Waals surface area contributed by atoms with Crippen LogP contribution in [0.1, 0.15) is 0 Å². The summed E-state index contributed by atoms with van der Waals surface area (Å²) in [6.07, 6.45) is 0. The number of anilines is 1. The Balaban J connectivity index is 0.00000441. The van der Waals surface area contributed by atoms with Crippen molar-refractivity contribution in [2.24, 2.45) is 0 Å². The molecule has 2 N–H and O–H groups in total. The molecule has 126 valence electrons. The van der Waals surface area contributed by atoms with Gasteiger partial charge < -0.3 is 29.6 Å². The molecule has 1 amide bonds. The number of carbonyl (C=O) groups excluding carboxylic acids is 1. The highest BCUT2D eigenvalue weighted by molar-refractivity contribution is 5.94. The third-order valence-corrected chi connectivity index (χ3v) is 2.75. The minimum absolute atomic E-state index is 0. The van der Waals surface area contributed by atoms with Gasteiger partial charge in [0.1, 0.15) is 0 Å². The Morgan fingerprint density at radius 2 is 1.73 bits per heavy atom. The molecule has 0 aliphatic heterocycles. The molecular formula is C14H23ClN2O5. The van der Waals surface area contributed by atoms with Crippen LogP contribution in [0, 0.1) is 0 Å². The van der Waals surface area contributed by atoms with E-state index in [4.69, 9.17) is 18.9 Å². The molecule has 0 radical (unpaired) electrons. The van der Waals surface area contributed by atoms with E-state index in [1.54, 1.807) is 19.2 Å². The van der Waals surface area contributed by atoms with Crippen LogP contribution in [0.25, 0.3) is 0 Å². The highest BCUT2D eigenvalue weighted by Gasteiger charge is 2.17. The van der Waals surface area contributed by atoms with Crippen LogP contribution in [0.5, 0.6) is 17.2 Å². The van der Waals surface area contributed by atoms with Gasteiger partial charge in [0.15, 0.2) is 11.5 Å². The van der Waals surface area contributed by atoms with E-state index in [2.05, 4.69) is 10.6 Å². The predicted octanol–water partition coefficient (Wildman–Crippen LogP) is 1.31. The van der Waals surface area contributed by atoms with E-state index in [0.29, 0.717) is 36.1 Å². The molecule has 1 aromatic carbocycles. The fourth-order valence-electron chi connectivity index (χ4n) is 1.77. The fraction of sp³-hybridized carbons (Fsp3) is 0.500. The highest BCUT2D eigenvalue weighted by Crippen LogP contribution is 2.42. The van der Waals surface area contributed by atoms with Gasteiger partial charge in [-0.3, -0.25) is 4.79 Å². The Bertz CT molecular complexity index is 471. The minimum Gasteiger partial charge on any atom is -0.493 e. The lowest BCUT2D eigenvalue weighted by Gasteiger charge is -2.16. The second-order valence-electron chi connectivity index (χ2n) is 4.10. The van der Waals surface area contributed by atoms with Gasteiger partial charge in [-0.15, -0.1) is 12.4 Å². The SMILES string of the molecule is COCCNCC(=O)Nc1ccc(OC)c(OC)c1OC.Cl. The van der Waals surface area contributed by atoms with Crippen molar-refractivity contribution in [3.8, 4) is 17.2 Å². The number of rotatable bonds is 9. The number of benzene rings is 1. The average Bonchev–Trinajstić information content (AvgIpc) is 2.50. The molecule has 0 aromatic heterocycles. The van der Waals surface area contributed by atoms with Gasteiger partial charge in [-0.05, 0) is 12.1 Å². The third-order valence-electron chi connectivity index (χ3n) is 2.75. The Morgan fingerprint density at radius 3 is 2.27 bits per heavy atom. The average molecular weight is 335 g/mol. The summed E-state index contributed by atoms with van der Waals surface area (Å²) in [6, 6.07) is 3.41. The molecule has 0 saturated heterocycles. The van der Waals surface area contributed by atoms with Crippen molar-refractivity contribution >= 4 is 24.0 Å².